The van der Waals surface area contributed by atoms with Gasteiger partial charge in [0.05, 0.1) is 17.2 Å². The lowest BCUT2D eigenvalue weighted by atomic mass is 10.0. The van der Waals surface area contributed by atoms with E-state index in [9.17, 15) is 19.8 Å². The fourth-order valence-electron chi connectivity index (χ4n) is 2.11. The highest BCUT2D eigenvalue weighted by molar-refractivity contribution is 5.78. The van der Waals surface area contributed by atoms with Crippen LogP contribution in [-0.2, 0) is 4.74 Å². The first-order chi connectivity index (χ1) is 11.2. The Morgan fingerprint density at radius 1 is 1.38 bits per heavy atom. The molecule has 0 aliphatic carbocycles. The molecule has 4 N–H and O–H groups in total. The molecule has 8 heteroatoms. The molecule has 0 saturated carbocycles. The van der Waals surface area contributed by atoms with Crippen molar-refractivity contribution in [3.05, 3.63) is 40.4 Å². The summed E-state index contributed by atoms with van der Waals surface area (Å²) in [6, 6.07) is 4.61. The molecule has 1 aromatic heterocycles. The number of aromatic amines is 1. The summed E-state index contributed by atoms with van der Waals surface area (Å²) < 4.78 is 5.05. The van der Waals surface area contributed by atoms with E-state index in [1.807, 2.05) is 0 Å². The van der Waals surface area contributed by atoms with Gasteiger partial charge in [0, 0.05) is 6.54 Å². The maximum atomic E-state index is 11.8. The van der Waals surface area contributed by atoms with Crippen molar-refractivity contribution in [2.24, 2.45) is 0 Å². The number of ether oxygens (including phenoxy) is 1. The van der Waals surface area contributed by atoms with Crippen molar-refractivity contribution in [3.63, 3.8) is 0 Å². The van der Waals surface area contributed by atoms with Crippen LogP contribution in [0.15, 0.2) is 29.3 Å². The second kappa shape index (κ2) is 6.98. The molecule has 0 aliphatic rings. The van der Waals surface area contributed by atoms with Crippen LogP contribution in [0.25, 0.3) is 10.9 Å². The highest BCUT2D eigenvalue weighted by atomic mass is 16.6. The Morgan fingerprint density at radius 2 is 2.08 bits per heavy atom. The number of amides is 1. The monoisotopic (exact) mass is 335 g/mol. The highest BCUT2D eigenvalue weighted by Crippen LogP contribution is 2.19. The first-order valence-electron chi connectivity index (χ1n) is 7.48. The van der Waals surface area contributed by atoms with E-state index in [0.29, 0.717) is 16.5 Å². The highest BCUT2D eigenvalue weighted by Gasteiger charge is 2.22. The number of aliphatic hydroxyl groups is 2. The van der Waals surface area contributed by atoms with E-state index >= 15 is 0 Å². The van der Waals surface area contributed by atoms with Crippen LogP contribution in [0.4, 0.5) is 4.79 Å². The minimum atomic E-state index is -1.27. The average molecular weight is 335 g/mol. The molecule has 24 heavy (non-hydrogen) atoms. The van der Waals surface area contributed by atoms with Crippen LogP contribution in [0.2, 0.25) is 0 Å². The maximum Gasteiger partial charge on any atom is 0.407 e. The third-order valence-electron chi connectivity index (χ3n) is 3.22. The number of fused-ring (bicyclic) bond motifs is 1. The van der Waals surface area contributed by atoms with Crippen molar-refractivity contribution in [1.29, 1.82) is 0 Å². The van der Waals surface area contributed by atoms with E-state index in [1.165, 1.54) is 12.4 Å². The van der Waals surface area contributed by atoms with Gasteiger partial charge in [0.2, 0.25) is 0 Å². The number of hydrogen-bond donors (Lipinski definition) is 4. The van der Waals surface area contributed by atoms with Crippen molar-refractivity contribution >= 4 is 17.0 Å². The van der Waals surface area contributed by atoms with Crippen molar-refractivity contribution in [3.8, 4) is 0 Å². The standard InChI is InChI=1S/C16H21N3O5/c1-16(2,3)24-15(23)17-7-12(20)13(21)9-4-5-11-10(6-9)14(22)19-8-18-11/h4-6,8,12-13,20-21H,7H2,1-3H3,(H,17,23)(H,18,19,22). The summed E-state index contributed by atoms with van der Waals surface area (Å²) in [6.45, 7) is 4.97. The van der Waals surface area contributed by atoms with Gasteiger partial charge >= 0.3 is 6.09 Å². The normalized spacial score (nSPS) is 14.2. The van der Waals surface area contributed by atoms with Crippen LogP contribution < -0.4 is 10.9 Å². The number of carbonyl (C=O) groups is 1. The van der Waals surface area contributed by atoms with Crippen LogP contribution in [0.3, 0.4) is 0 Å². The van der Waals surface area contributed by atoms with Gasteiger partial charge in [-0.3, -0.25) is 4.79 Å². The van der Waals surface area contributed by atoms with Gasteiger partial charge in [-0.25, -0.2) is 9.78 Å². The molecule has 130 valence electrons. The molecule has 0 spiro atoms. The quantitative estimate of drug-likeness (QED) is 0.656. The van der Waals surface area contributed by atoms with Crippen LogP contribution in [-0.4, -0.2) is 44.5 Å². The van der Waals surface area contributed by atoms with Gasteiger partial charge in [0.1, 0.15) is 17.8 Å². The van der Waals surface area contributed by atoms with Gasteiger partial charge in [-0.15, -0.1) is 0 Å². The number of benzene rings is 1. The van der Waals surface area contributed by atoms with Gasteiger partial charge in [-0.1, -0.05) is 6.07 Å². The molecule has 0 bridgehead atoms. The van der Waals surface area contributed by atoms with E-state index in [0.717, 1.165) is 0 Å². The van der Waals surface area contributed by atoms with E-state index in [1.54, 1.807) is 32.9 Å². The number of aromatic nitrogens is 2. The largest absolute Gasteiger partial charge is 0.444 e. The number of H-pyrrole nitrogens is 1. The zero-order chi connectivity index (χ0) is 17.9. The van der Waals surface area contributed by atoms with E-state index < -0.39 is 23.9 Å². The van der Waals surface area contributed by atoms with Gasteiger partial charge in [0.15, 0.2) is 0 Å². The molecule has 8 nitrogen and oxygen atoms in total. The number of rotatable bonds is 4. The van der Waals surface area contributed by atoms with Crippen molar-refractivity contribution < 1.29 is 19.7 Å². The minimum Gasteiger partial charge on any atom is -0.444 e. The number of aliphatic hydroxyl groups excluding tert-OH is 2. The molecule has 1 aromatic carbocycles. The smallest absolute Gasteiger partial charge is 0.407 e. The summed E-state index contributed by atoms with van der Waals surface area (Å²) in [5.41, 5.74) is -0.161. The van der Waals surface area contributed by atoms with Crippen LogP contribution >= 0.6 is 0 Å². The van der Waals surface area contributed by atoms with Crippen molar-refractivity contribution in [1.82, 2.24) is 15.3 Å². The minimum absolute atomic E-state index is 0.197. The number of hydrogen-bond acceptors (Lipinski definition) is 6. The molecular formula is C16H21N3O5. The van der Waals surface area contributed by atoms with Gasteiger partial charge in [-0.2, -0.15) is 0 Å². The molecule has 0 aliphatic heterocycles. The molecule has 2 aromatic rings. The van der Waals surface area contributed by atoms with Crippen LogP contribution in [0, 0.1) is 0 Å². The first kappa shape index (κ1) is 17.9. The summed E-state index contributed by atoms with van der Waals surface area (Å²) >= 11 is 0. The lowest BCUT2D eigenvalue weighted by Crippen LogP contribution is -2.38. The molecule has 0 saturated heterocycles. The predicted molar refractivity (Wildman–Crippen MR) is 87.6 cm³/mol. The zero-order valence-corrected chi connectivity index (χ0v) is 13.7. The average Bonchev–Trinajstić information content (AvgIpc) is 2.50. The maximum absolute atomic E-state index is 11.8. The third-order valence-corrected chi connectivity index (χ3v) is 3.22. The lowest BCUT2D eigenvalue weighted by Gasteiger charge is -2.22. The van der Waals surface area contributed by atoms with Crippen molar-refractivity contribution in [2.45, 2.75) is 38.6 Å². The van der Waals surface area contributed by atoms with Gasteiger partial charge in [-0.05, 0) is 38.5 Å². The molecule has 1 amide bonds. The molecule has 0 radical (unpaired) electrons. The molecule has 2 unspecified atom stereocenters. The number of carbonyl (C=O) groups excluding carboxylic acids is 1. The summed E-state index contributed by atoms with van der Waals surface area (Å²) in [5, 5.41) is 22.9. The van der Waals surface area contributed by atoms with Crippen LogP contribution in [0.1, 0.15) is 32.4 Å². The molecule has 0 fully saturated rings. The SMILES string of the molecule is CC(C)(C)OC(=O)NCC(O)C(O)c1ccc2nc[nH]c(=O)c2c1. The summed E-state index contributed by atoms with van der Waals surface area (Å²) in [4.78, 5) is 29.8. The summed E-state index contributed by atoms with van der Waals surface area (Å²) in [6.07, 6.45) is -1.93. The number of nitrogens with one attached hydrogen (secondary N) is 2. The van der Waals surface area contributed by atoms with Gasteiger partial charge in [0.25, 0.3) is 5.56 Å². The molecular weight excluding hydrogens is 314 g/mol. The first-order valence-corrected chi connectivity index (χ1v) is 7.48. The fourth-order valence-corrected chi connectivity index (χ4v) is 2.11. The Balaban J connectivity index is 2.05. The second-order valence-electron chi connectivity index (χ2n) is 6.40. The zero-order valence-electron chi connectivity index (χ0n) is 13.7. The Labute approximate surface area is 138 Å². The summed E-state index contributed by atoms with van der Waals surface area (Å²) in [5.74, 6) is 0. The van der Waals surface area contributed by atoms with Crippen LogP contribution in [0.5, 0.6) is 0 Å². The molecule has 2 atom stereocenters. The van der Waals surface area contributed by atoms with E-state index in [4.69, 9.17) is 4.74 Å². The molecule has 2 rings (SSSR count). The van der Waals surface area contributed by atoms with E-state index in [2.05, 4.69) is 15.3 Å². The number of nitrogens with zero attached hydrogens (tertiary/aromatic N) is 1. The predicted octanol–water partition coefficient (Wildman–Crippen LogP) is 0.842. The topological polar surface area (TPSA) is 125 Å². The van der Waals surface area contributed by atoms with E-state index in [-0.39, 0.29) is 12.1 Å². The second-order valence-corrected chi connectivity index (χ2v) is 6.40. The van der Waals surface area contributed by atoms with Crippen molar-refractivity contribution in [2.75, 3.05) is 6.54 Å². The number of alkyl carbamates (subject to hydrolysis) is 1. The Bertz CT molecular complexity index is 781. The Hall–Kier alpha value is -2.45. The van der Waals surface area contributed by atoms with Gasteiger partial charge < -0.3 is 25.3 Å². The Morgan fingerprint density at radius 3 is 2.75 bits per heavy atom. The fraction of sp³-hybridized carbons (Fsp3) is 0.438. The molecule has 1 heterocycles. The summed E-state index contributed by atoms with van der Waals surface area (Å²) in [7, 11) is 0. The third kappa shape index (κ3) is 4.53. The lowest BCUT2D eigenvalue weighted by molar-refractivity contribution is 0.0130. The Kier molecular flexibility index (Phi) is 5.20.